The summed E-state index contributed by atoms with van der Waals surface area (Å²) in [4.78, 5) is 23.7. The molecule has 2 rings (SSSR count). The number of hydrogen-bond acceptors (Lipinski definition) is 4. The third kappa shape index (κ3) is 5.67. The maximum atomic E-state index is 12.2. The largest absolute Gasteiger partial charge is 0.354 e. The molecule has 0 radical (unpaired) electrons. The molecular formula is C16H22N2O4S. The average molecular weight is 338 g/mol. The molecule has 7 heteroatoms. The van der Waals surface area contributed by atoms with E-state index < -0.39 is 27.5 Å². The molecule has 1 atom stereocenters. The summed E-state index contributed by atoms with van der Waals surface area (Å²) in [7, 11) is -3.57. The first kappa shape index (κ1) is 17.5. The van der Waals surface area contributed by atoms with E-state index in [0.29, 0.717) is 18.5 Å². The minimum atomic E-state index is -3.57. The highest BCUT2D eigenvalue weighted by Gasteiger charge is 2.25. The second-order valence-electron chi connectivity index (χ2n) is 5.93. The Hall–Kier alpha value is -1.89. The molecule has 0 aliphatic carbocycles. The Morgan fingerprint density at radius 2 is 2.13 bits per heavy atom. The van der Waals surface area contributed by atoms with E-state index in [1.165, 1.54) is 0 Å². The zero-order valence-electron chi connectivity index (χ0n) is 13.2. The van der Waals surface area contributed by atoms with Gasteiger partial charge in [-0.25, -0.2) is 8.42 Å². The van der Waals surface area contributed by atoms with Gasteiger partial charge in [0.2, 0.25) is 11.8 Å². The van der Waals surface area contributed by atoms with Gasteiger partial charge in [0.05, 0.1) is 5.75 Å². The summed E-state index contributed by atoms with van der Waals surface area (Å²) < 4.78 is 24.3. The Morgan fingerprint density at radius 3 is 2.87 bits per heavy atom. The van der Waals surface area contributed by atoms with Crippen molar-refractivity contribution in [3.8, 4) is 0 Å². The van der Waals surface area contributed by atoms with Crippen LogP contribution in [0.3, 0.4) is 0 Å². The predicted octanol–water partition coefficient (Wildman–Crippen LogP) is 0.695. The molecule has 126 valence electrons. The first-order chi connectivity index (χ1) is 10.9. The Balaban J connectivity index is 1.94. The molecule has 6 nitrogen and oxygen atoms in total. The first-order valence-corrected chi connectivity index (χ1v) is 9.51. The maximum Gasteiger partial charge on any atom is 0.242 e. The van der Waals surface area contributed by atoms with Gasteiger partial charge < -0.3 is 10.6 Å². The molecule has 1 fully saturated rings. The van der Waals surface area contributed by atoms with Crippen molar-refractivity contribution in [3.05, 3.63) is 35.4 Å². The lowest BCUT2D eigenvalue weighted by Gasteiger charge is -2.15. The van der Waals surface area contributed by atoms with E-state index in [0.717, 1.165) is 18.4 Å². The van der Waals surface area contributed by atoms with Crippen molar-refractivity contribution in [2.24, 2.45) is 0 Å². The van der Waals surface area contributed by atoms with Gasteiger partial charge in [-0.2, -0.15) is 0 Å². The van der Waals surface area contributed by atoms with E-state index in [1.807, 2.05) is 13.0 Å². The highest BCUT2D eigenvalue weighted by Crippen LogP contribution is 2.10. The molecule has 0 saturated carbocycles. The molecule has 1 aliphatic heterocycles. The van der Waals surface area contributed by atoms with Crippen LogP contribution in [0.25, 0.3) is 0 Å². The van der Waals surface area contributed by atoms with Gasteiger partial charge in [-0.3, -0.25) is 9.59 Å². The van der Waals surface area contributed by atoms with Crippen LogP contribution in [0.4, 0.5) is 0 Å². The van der Waals surface area contributed by atoms with Crippen molar-refractivity contribution in [1.82, 2.24) is 10.6 Å². The lowest BCUT2D eigenvalue weighted by Crippen LogP contribution is -2.47. The summed E-state index contributed by atoms with van der Waals surface area (Å²) in [6, 6.07) is 6.54. The van der Waals surface area contributed by atoms with E-state index >= 15 is 0 Å². The zero-order valence-corrected chi connectivity index (χ0v) is 14.0. The molecule has 23 heavy (non-hydrogen) atoms. The van der Waals surface area contributed by atoms with Crippen LogP contribution in [0, 0.1) is 6.92 Å². The predicted molar refractivity (Wildman–Crippen MR) is 87.5 cm³/mol. The second-order valence-corrected chi connectivity index (χ2v) is 7.99. The van der Waals surface area contributed by atoms with Crippen LogP contribution in [0.2, 0.25) is 0 Å². The van der Waals surface area contributed by atoms with Gasteiger partial charge >= 0.3 is 0 Å². The fourth-order valence-corrected chi connectivity index (χ4v) is 3.89. The minimum Gasteiger partial charge on any atom is -0.354 e. The summed E-state index contributed by atoms with van der Waals surface area (Å²) >= 11 is 0. The lowest BCUT2D eigenvalue weighted by molar-refractivity contribution is -0.127. The highest BCUT2D eigenvalue weighted by atomic mass is 32.2. The van der Waals surface area contributed by atoms with Crippen molar-refractivity contribution < 1.29 is 18.0 Å². The molecule has 0 bridgehead atoms. The van der Waals surface area contributed by atoms with E-state index in [-0.39, 0.29) is 11.7 Å². The third-order valence-corrected chi connectivity index (χ3v) is 5.17. The van der Waals surface area contributed by atoms with Crippen LogP contribution in [0.1, 0.15) is 30.4 Å². The van der Waals surface area contributed by atoms with E-state index in [2.05, 4.69) is 10.6 Å². The number of carbonyl (C=O) groups excluding carboxylic acids is 2. The van der Waals surface area contributed by atoms with Crippen LogP contribution < -0.4 is 10.6 Å². The van der Waals surface area contributed by atoms with Gasteiger partial charge in [-0.05, 0) is 31.7 Å². The normalized spacial score (nSPS) is 18.8. The number of sulfone groups is 1. The van der Waals surface area contributed by atoms with Gasteiger partial charge in [-0.1, -0.05) is 29.8 Å². The Labute approximate surface area is 136 Å². The fourth-order valence-electron chi connectivity index (χ4n) is 2.62. The third-order valence-electron chi connectivity index (χ3n) is 3.69. The Kier molecular flexibility index (Phi) is 5.76. The summed E-state index contributed by atoms with van der Waals surface area (Å²) in [5.74, 6) is -1.66. The lowest BCUT2D eigenvalue weighted by atomic mass is 10.1. The molecular weight excluding hydrogens is 316 g/mol. The van der Waals surface area contributed by atoms with Gasteiger partial charge in [-0.15, -0.1) is 0 Å². The van der Waals surface area contributed by atoms with Crippen LogP contribution in [-0.2, 0) is 25.2 Å². The number of nitrogens with one attached hydrogen (secondary N) is 2. The number of rotatable bonds is 5. The fraction of sp³-hybridized carbons (Fsp3) is 0.500. The van der Waals surface area contributed by atoms with Crippen LogP contribution >= 0.6 is 0 Å². The van der Waals surface area contributed by atoms with E-state index in [1.54, 1.807) is 18.2 Å². The van der Waals surface area contributed by atoms with Gasteiger partial charge in [0.25, 0.3) is 0 Å². The molecule has 1 saturated heterocycles. The van der Waals surface area contributed by atoms with Crippen molar-refractivity contribution >= 4 is 21.7 Å². The van der Waals surface area contributed by atoms with E-state index in [9.17, 15) is 18.0 Å². The number of hydrogen-bond donors (Lipinski definition) is 2. The number of carbonyl (C=O) groups is 2. The number of amides is 2. The van der Waals surface area contributed by atoms with Gasteiger partial charge in [0.1, 0.15) is 11.8 Å². The molecule has 1 aromatic carbocycles. The van der Waals surface area contributed by atoms with Crippen LogP contribution in [0.5, 0.6) is 0 Å². The standard InChI is InChI=1S/C16H22N2O4S/c1-12-5-4-6-13(9-12)10-23(21,22)11-15(19)18-14-7-2-3-8-17-16(14)20/h4-6,9,14H,2-3,7-8,10-11H2,1H3,(H,17,20)(H,18,19). The quantitative estimate of drug-likeness (QED) is 0.826. The summed E-state index contributed by atoms with van der Waals surface area (Å²) in [6.07, 6.45) is 2.22. The molecule has 2 amide bonds. The van der Waals surface area contributed by atoms with Crippen molar-refractivity contribution in [2.45, 2.75) is 38.0 Å². The van der Waals surface area contributed by atoms with E-state index in [4.69, 9.17) is 0 Å². The Bertz CT molecular complexity index is 685. The summed E-state index contributed by atoms with van der Waals surface area (Å²) in [5, 5.41) is 5.24. The smallest absolute Gasteiger partial charge is 0.242 e. The summed E-state index contributed by atoms with van der Waals surface area (Å²) in [6.45, 7) is 2.48. The van der Waals surface area contributed by atoms with Crippen molar-refractivity contribution in [1.29, 1.82) is 0 Å². The van der Waals surface area contributed by atoms with Gasteiger partial charge in [0, 0.05) is 6.54 Å². The monoisotopic (exact) mass is 338 g/mol. The second kappa shape index (κ2) is 7.59. The molecule has 1 unspecified atom stereocenters. The SMILES string of the molecule is Cc1cccc(CS(=O)(=O)CC(=O)NC2CCCCNC2=O)c1. The molecule has 2 N–H and O–H groups in total. The van der Waals surface area contributed by atoms with Crippen molar-refractivity contribution in [2.75, 3.05) is 12.3 Å². The zero-order chi connectivity index (χ0) is 16.9. The molecule has 1 heterocycles. The van der Waals surface area contributed by atoms with Crippen LogP contribution in [0.15, 0.2) is 24.3 Å². The molecule has 0 aromatic heterocycles. The van der Waals surface area contributed by atoms with Crippen LogP contribution in [-0.4, -0.2) is 38.6 Å². The summed E-state index contributed by atoms with van der Waals surface area (Å²) in [5.41, 5.74) is 1.63. The Morgan fingerprint density at radius 1 is 1.35 bits per heavy atom. The minimum absolute atomic E-state index is 0.182. The molecule has 1 aliphatic rings. The molecule has 0 spiro atoms. The van der Waals surface area contributed by atoms with Gasteiger partial charge in [0.15, 0.2) is 9.84 Å². The number of benzene rings is 1. The number of aryl methyl sites for hydroxylation is 1. The first-order valence-electron chi connectivity index (χ1n) is 7.69. The topological polar surface area (TPSA) is 92.3 Å². The molecule has 1 aromatic rings. The van der Waals surface area contributed by atoms with Crippen molar-refractivity contribution in [3.63, 3.8) is 0 Å². The maximum absolute atomic E-state index is 12.2. The highest BCUT2D eigenvalue weighted by molar-refractivity contribution is 7.91. The average Bonchev–Trinajstić information content (AvgIpc) is 2.63.